The van der Waals surface area contributed by atoms with Gasteiger partial charge in [0.15, 0.2) is 5.75 Å². The highest BCUT2D eigenvalue weighted by molar-refractivity contribution is 7.92. The normalized spacial score (nSPS) is 11.1. The van der Waals surface area contributed by atoms with Gasteiger partial charge >= 0.3 is 0 Å². The maximum atomic E-state index is 13.0. The monoisotopic (exact) mass is 474 g/mol. The molecule has 0 fully saturated rings. The lowest BCUT2D eigenvalue weighted by Gasteiger charge is -2.26. The highest BCUT2D eigenvalue weighted by Crippen LogP contribution is 2.35. The summed E-state index contributed by atoms with van der Waals surface area (Å²) in [6.07, 6.45) is 3.32. The Labute approximate surface area is 200 Å². The van der Waals surface area contributed by atoms with Crippen molar-refractivity contribution in [2.75, 3.05) is 10.1 Å². The van der Waals surface area contributed by atoms with Crippen LogP contribution in [-0.2, 0) is 23.2 Å². The zero-order chi connectivity index (χ0) is 23.8. The Morgan fingerprint density at radius 1 is 0.824 bits per heavy atom. The lowest BCUT2D eigenvalue weighted by Crippen LogP contribution is -2.32. The second-order valence-electron chi connectivity index (χ2n) is 7.59. The molecule has 0 spiro atoms. The molecule has 0 radical (unpaired) electrons. The number of benzene rings is 3. The number of pyridine rings is 1. The van der Waals surface area contributed by atoms with Crippen molar-refractivity contribution in [2.45, 2.75) is 20.1 Å². The van der Waals surface area contributed by atoms with E-state index in [1.807, 2.05) is 60.7 Å². The van der Waals surface area contributed by atoms with Gasteiger partial charge in [0, 0.05) is 18.5 Å². The molecule has 6 nitrogen and oxygen atoms in total. The van der Waals surface area contributed by atoms with Crippen LogP contribution in [0.3, 0.4) is 0 Å². The van der Waals surface area contributed by atoms with E-state index in [-0.39, 0.29) is 12.3 Å². The quantitative estimate of drug-likeness (QED) is 0.290. The van der Waals surface area contributed by atoms with E-state index in [2.05, 4.69) is 4.98 Å². The van der Waals surface area contributed by atoms with Crippen LogP contribution in [-0.4, -0.2) is 19.2 Å². The summed E-state index contributed by atoms with van der Waals surface area (Å²) < 4.78 is 39.5. The highest BCUT2D eigenvalue weighted by Gasteiger charge is 2.24. The number of ether oxygens (including phenoxy) is 2. The molecule has 4 aromatic rings. The summed E-state index contributed by atoms with van der Waals surface area (Å²) in [7, 11) is -3.57. The summed E-state index contributed by atoms with van der Waals surface area (Å²) in [5.74, 6) is 1.61. The fourth-order valence-electron chi connectivity index (χ4n) is 3.39. The number of nitrogens with zero attached hydrogens (tertiary/aromatic N) is 2. The number of rotatable bonds is 10. The SMILES string of the molecule is CCS(=O)(=O)N(Cc1cccnc1)c1ccccc1Oc1cccc(OCc2ccccc2)c1. The van der Waals surface area contributed by atoms with Crippen molar-refractivity contribution in [1.29, 1.82) is 0 Å². The second-order valence-corrected chi connectivity index (χ2v) is 9.77. The zero-order valence-corrected chi connectivity index (χ0v) is 19.7. The maximum absolute atomic E-state index is 13.0. The smallest absolute Gasteiger partial charge is 0.235 e. The molecular weight excluding hydrogens is 448 g/mol. The molecule has 3 aromatic carbocycles. The molecular formula is C27H26N2O4S. The van der Waals surface area contributed by atoms with Crippen molar-refractivity contribution in [1.82, 2.24) is 4.98 Å². The van der Waals surface area contributed by atoms with Gasteiger partial charge in [-0.1, -0.05) is 54.6 Å². The molecule has 0 saturated carbocycles. The molecule has 7 heteroatoms. The molecule has 0 N–H and O–H groups in total. The summed E-state index contributed by atoms with van der Waals surface area (Å²) in [6, 6.07) is 28.0. The average Bonchev–Trinajstić information content (AvgIpc) is 2.88. The van der Waals surface area contributed by atoms with E-state index in [9.17, 15) is 8.42 Å². The van der Waals surface area contributed by atoms with Gasteiger partial charge in [0.2, 0.25) is 10.0 Å². The molecule has 0 aliphatic rings. The van der Waals surface area contributed by atoms with E-state index in [1.165, 1.54) is 4.31 Å². The zero-order valence-electron chi connectivity index (χ0n) is 18.9. The number of aromatic nitrogens is 1. The summed E-state index contributed by atoms with van der Waals surface area (Å²) in [4.78, 5) is 4.11. The largest absolute Gasteiger partial charge is 0.489 e. The minimum absolute atomic E-state index is 0.0373. The van der Waals surface area contributed by atoms with Crippen molar-refractivity contribution in [3.8, 4) is 17.2 Å². The first-order chi connectivity index (χ1) is 16.5. The van der Waals surface area contributed by atoms with Crippen LogP contribution in [0.25, 0.3) is 0 Å². The molecule has 4 rings (SSSR count). The molecule has 174 valence electrons. The second kappa shape index (κ2) is 10.9. The Kier molecular flexibility index (Phi) is 7.44. The molecule has 0 unspecified atom stereocenters. The summed E-state index contributed by atoms with van der Waals surface area (Å²) in [5.41, 5.74) is 2.31. The number of sulfonamides is 1. The van der Waals surface area contributed by atoms with Crippen molar-refractivity contribution in [3.63, 3.8) is 0 Å². The van der Waals surface area contributed by atoms with Crippen LogP contribution in [0.2, 0.25) is 0 Å². The third-order valence-corrected chi connectivity index (χ3v) is 6.89. The Hall–Kier alpha value is -3.84. The minimum Gasteiger partial charge on any atom is -0.489 e. The molecule has 1 heterocycles. The number of anilines is 1. The van der Waals surface area contributed by atoms with Gasteiger partial charge in [-0.2, -0.15) is 0 Å². The maximum Gasteiger partial charge on any atom is 0.235 e. The van der Waals surface area contributed by atoms with E-state index in [1.54, 1.807) is 49.6 Å². The van der Waals surface area contributed by atoms with Crippen LogP contribution in [0.4, 0.5) is 5.69 Å². The van der Waals surface area contributed by atoms with E-state index in [4.69, 9.17) is 9.47 Å². The standard InChI is InChI=1S/C27H26N2O4S/c1-2-34(30,31)29(20-23-12-9-17-28-19-23)26-15-6-7-16-27(26)33-25-14-8-13-24(18-25)32-21-22-10-4-3-5-11-22/h3-19H,2,20-21H2,1H3. The molecule has 0 aliphatic carbocycles. The van der Waals surface area contributed by atoms with Crippen LogP contribution in [0.1, 0.15) is 18.1 Å². The van der Waals surface area contributed by atoms with E-state index in [0.29, 0.717) is 29.5 Å². The van der Waals surface area contributed by atoms with Gasteiger partial charge in [0.05, 0.1) is 18.0 Å². The molecule has 0 amide bonds. The van der Waals surface area contributed by atoms with Crippen LogP contribution >= 0.6 is 0 Å². The van der Waals surface area contributed by atoms with Crippen LogP contribution in [0, 0.1) is 0 Å². The van der Waals surface area contributed by atoms with Gasteiger partial charge in [0.1, 0.15) is 18.1 Å². The highest BCUT2D eigenvalue weighted by atomic mass is 32.2. The molecule has 0 bridgehead atoms. The molecule has 0 atom stereocenters. The minimum atomic E-state index is -3.57. The molecule has 34 heavy (non-hydrogen) atoms. The van der Waals surface area contributed by atoms with Crippen molar-refractivity contribution in [2.24, 2.45) is 0 Å². The number of para-hydroxylation sites is 2. The fraction of sp³-hybridized carbons (Fsp3) is 0.148. The predicted molar refractivity (Wildman–Crippen MR) is 134 cm³/mol. The average molecular weight is 475 g/mol. The summed E-state index contributed by atoms with van der Waals surface area (Å²) in [6.45, 7) is 2.22. The fourth-order valence-corrected chi connectivity index (χ4v) is 4.50. The third-order valence-electron chi connectivity index (χ3n) is 5.17. The number of hydrogen-bond donors (Lipinski definition) is 0. The first-order valence-corrected chi connectivity index (χ1v) is 12.6. The lowest BCUT2D eigenvalue weighted by atomic mass is 10.2. The topological polar surface area (TPSA) is 68.7 Å². The first kappa shape index (κ1) is 23.3. The molecule has 1 aromatic heterocycles. The Balaban J connectivity index is 1.59. The van der Waals surface area contributed by atoms with Crippen molar-refractivity contribution in [3.05, 3.63) is 115 Å². The van der Waals surface area contributed by atoms with Crippen molar-refractivity contribution < 1.29 is 17.9 Å². The predicted octanol–water partition coefficient (Wildman–Crippen LogP) is 5.81. The lowest BCUT2D eigenvalue weighted by molar-refractivity contribution is 0.304. The number of hydrogen-bond acceptors (Lipinski definition) is 5. The van der Waals surface area contributed by atoms with Gasteiger partial charge < -0.3 is 9.47 Å². The summed E-state index contributed by atoms with van der Waals surface area (Å²) in [5, 5.41) is 0. The van der Waals surface area contributed by atoms with E-state index in [0.717, 1.165) is 11.1 Å². The van der Waals surface area contributed by atoms with Crippen LogP contribution < -0.4 is 13.8 Å². The van der Waals surface area contributed by atoms with Crippen LogP contribution in [0.5, 0.6) is 17.2 Å². The van der Waals surface area contributed by atoms with Crippen LogP contribution in [0.15, 0.2) is 103 Å². The third kappa shape index (κ3) is 5.94. The van der Waals surface area contributed by atoms with Crippen molar-refractivity contribution >= 4 is 15.7 Å². The van der Waals surface area contributed by atoms with Gasteiger partial charge in [-0.15, -0.1) is 0 Å². The first-order valence-electron chi connectivity index (χ1n) is 11.0. The van der Waals surface area contributed by atoms with Gasteiger partial charge in [-0.3, -0.25) is 9.29 Å². The van der Waals surface area contributed by atoms with E-state index >= 15 is 0 Å². The summed E-state index contributed by atoms with van der Waals surface area (Å²) >= 11 is 0. The Bertz CT molecular complexity index is 1310. The Morgan fingerprint density at radius 2 is 1.56 bits per heavy atom. The molecule has 0 saturated heterocycles. The van der Waals surface area contributed by atoms with Gasteiger partial charge in [-0.05, 0) is 48.4 Å². The molecule has 0 aliphatic heterocycles. The Morgan fingerprint density at radius 3 is 2.32 bits per heavy atom. The van der Waals surface area contributed by atoms with E-state index < -0.39 is 10.0 Å². The van der Waals surface area contributed by atoms with Gasteiger partial charge in [-0.25, -0.2) is 8.42 Å². The van der Waals surface area contributed by atoms with Gasteiger partial charge in [0.25, 0.3) is 0 Å².